The third kappa shape index (κ3) is 5.65. The Labute approximate surface area is 213 Å². The largest absolute Gasteiger partial charge is 0.369 e. The Balaban J connectivity index is 1.15. The van der Waals surface area contributed by atoms with Crippen molar-refractivity contribution < 1.29 is 4.79 Å². The average Bonchev–Trinajstić information content (AvgIpc) is 3.26. The minimum atomic E-state index is -0.130. The standard InChI is InChI=1S/C28H36ClN5O/c1-2-25-27(34-20-23(29)10-13-26(34)31-25)28(35)30-18-21-8-11-24(12-9-21)33-16-14-32(15-17-33)19-22-6-4-3-5-7-22/h8-13,20,22H,2-7,14-19H2,1H3,(H,30,35). The van der Waals surface area contributed by atoms with Crippen molar-refractivity contribution in [1.82, 2.24) is 19.6 Å². The third-order valence-electron chi connectivity index (χ3n) is 7.57. The number of fused-ring (bicyclic) bond motifs is 1. The molecule has 1 amide bonds. The van der Waals surface area contributed by atoms with Crippen LogP contribution in [0.3, 0.4) is 0 Å². The minimum Gasteiger partial charge on any atom is -0.369 e. The fourth-order valence-electron chi connectivity index (χ4n) is 5.57. The zero-order chi connectivity index (χ0) is 24.2. The summed E-state index contributed by atoms with van der Waals surface area (Å²) in [7, 11) is 0. The molecule has 7 heteroatoms. The number of pyridine rings is 1. The Bertz CT molecular complexity index is 1140. The van der Waals surface area contributed by atoms with Crippen molar-refractivity contribution in [2.45, 2.75) is 52.0 Å². The van der Waals surface area contributed by atoms with Crippen LogP contribution in [0.2, 0.25) is 5.02 Å². The van der Waals surface area contributed by atoms with Crippen LogP contribution in [0.5, 0.6) is 0 Å². The van der Waals surface area contributed by atoms with E-state index in [1.165, 1.54) is 44.3 Å². The molecule has 1 aliphatic carbocycles. The maximum atomic E-state index is 13.0. The molecule has 3 aromatic rings. The van der Waals surface area contributed by atoms with Crippen LogP contribution in [-0.4, -0.2) is 52.9 Å². The van der Waals surface area contributed by atoms with Crippen molar-refractivity contribution in [2.75, 3.05) is 37.6 Å². The van der Waals surface area contributed by atoms with Gasteiger partial charge in [-0.2, -0.15) is 0 Å². The van der Waals surface area contributed by atoms with E-state index in [1.807, 2.05) is 13.0 Å². The molecule has 186 valence electrons. The summed E-state index contributed by atoms with van der Waals surface area (Å²) < 4.78 is 1.79. The molecule has 2 fully saturated rings. The van der Waals surface area contributed by atoms with Gasteiger partial charge in [0, 0.05) is 51.2 Å². The third-order valence-corrected chi connectivity index (χ3v) is 7.80. The van der Waals surface area contributed by atoms with Crippen molar-refractivity contribution in [3.63, 3.8) is 0 Å². The molecule has 3 heterocycles. The van der Waals surface area contributed by atoms with E-state index in [4.69, 9.17) is 11.6 Å². The van der Waals surface area contributed by atoms with Gasteiger partial charge in [-0.3, -0.25) is 14.1 Å². The molecule has 5 rings (SSSR count). The number of hydrogen-bond donors (Lipinski definition) is 1. The van der Waals surface area contributed by atoms with E-state index in [0.717, 1.165) is 49.0 Å². The highest BCUT2D eigenvalue weighted by molar-refractivity contribution is 6.30. The van der Waals surface area contributed by atoms with Crippen LogP contribution in [-0.2, 0) is 13.0 Å². The normalized spacial score (nSPS) is 17.7. The molecule has 0 unspecified atom stereocenters. The summed E-state index contributed by atoms with van der Waals surface area (Å²) in [5, 5.41) is 3.65. The molecular weight excluding hydrogens is 458 g/mol. The number of aromatic nitrogens is 2. The number of carbonyl (C=O) groups excluding carboxylic acids is 1. The number of amides is 1. The van der Waals surface area contributed by atoms with Gasteiger partial charge in [-0.1, -0.05) is 49.9 Å². The summed E-state index contributed by atoms with van der Waals surface area (Å²) >= 11 is 6.16. The van der Waals surface area contributed by atoms with Gasteiger partial charge in [-0.25, -0.2) is 4.98 Å². The fourth-order valence-corrected chi connectivity index (χ4v) is 5.73. The van der Waals surface area contributed by atoms with E-state index in [9.17, 15) is 4.79 Å². The lowest BCUT2D eigenvalue weighted by atomic mass is 9.89. The molecule has 35 heavy (non-hydrogen) atoms. The number of nitrogens with one attached hydrogen (secondary N) is 1. The molecule has 1 N–H and O–H groups in total. The lowest BCUT2D eigenvalue weighted by molar-refractivity contribution is 0.0944. The highest BCUT2D eigenvalue weighted by Gasteiger charge is 2.22. The van der Waals surface area contributed by atoms with Gasteiger partial charge >= 0.3 is 0 Å². The van der Waals surface area contributed by atoms with Crippen LogP contribution in [0.25, 0.3) is 5.65 Å². The second kappa shape index (κ2) is 11.0. The van der Waals surface area contributed by atoms with Crippen LogP contribution in [0.1, 0.15) is 60.8 Å². The molecule has 6 nitrogen and oxygen atoms in total. The van der Waals surface area contributed by atoms with Gasteiger partial charge in [0.25, 0.3) is 5.91 Å². The zero-order valence-electron chi connectivity index (χ0n) is 20.7. The minimum absolute atomic E-state index is 0.130. The van der Waals surface area contributed by atoms with Gasteiger partial charge in [0.15, 0.2) is 0 Å². The van der Waals surface area contributed by atoms with Crippen LogP contribution < -0.4 is 10.2 Å². The van der Waals surface area contributed by atoms with Crippen molar-refractivity contribution in [2.24, 2.45) is 5.92 Å². The maximum Gasteiger partial charge on any atom is 0.270 e. The molecule has 0 radical (unpaired) electrons. The van der Waals surface area contributed by atoms with Crippen molar-refractivity contribution in [3.05, 3.63) is 64.6 Å². The first-order chi connectivity index (χ1) is 17.1. The predicted octanol–water partition coefficient (Wildman–Crippen LogP) is 5.18. The number of anilines is 1. The number of benzene rings is 1. The summed E-state index contributed by atoms with van der Waals surface area (Å²) in [4.78, 5) is 22.8. The first kappa shape index (κ1) is 24.1. The van der Waals surface area contributed by atoms with E-state index < -0.39 is 0 Å². The van der Waals surface area contributed by atoms with Crippen LogP contribution in [0, 0.1) is 5.92 Å². The Morgan fingerprint density at radius 2 is 1.77 bits per heavy atom. The number of rotatable bonds is 7. The number of aryl methyl sites for hydroxylation is 1. The van der Waals surface area contributed by atoms with E-state index in [2.05, 4.69) is 44.4 Å². The lowest BCUT2D eigenvalue weighted by Gasteiger charge is -2.38. The van der Waals surface area contributed by atoms with Crippen molar-refractivity contribution in [1.29, 1.82) is 0 Å². The molecular formula is C28H36ClN5O. The van der Waals surface area contributed by atoms with E-state index in [0.29, 0.717) is 23.7 Å². The summed E-state index contributed by atoms with van der Waals surface area (Å²) in [5.74, 6) is 0.783. The quantitative estimate of drug-likeness (QED) is 0.492. The van der Waals surface area contributed by atoms with E-state index in [-0.39, 0.29) is 5.91 Å². The van der Waals surface area contributed by atoms with E-state index in [1.54, 1.807) is 16.7 Å². The number of hydrogen-bond acceptors (Lipinski definition) is 4. The molecule has 0 spiro atoms. The number of nitrogens with zero attached hydrogens (tertiary/aromatic N) is 4. The van der Waals surface area contributed by atoms with Gasteiger partial charge in [-0.15, -0.1) is 0 Å². The molecule has 1 saturated carbocycles. The summed E-state index contributed by atoms with van der Waals surface area (Å²) in [6.45, 7) is 8.23. The molecule has 1 saturated heterocycles. The molecule has 2 aromatic heterocycles. The summed E-state index contributed by atoms with van der Waals surface area (Å²) in [6, 6.07) is 12.2. The Morgan fingerprint density at radius 3 is 2.49 bits per heavy atom. The van der Waals surface area contributed by atoms with Gasteiger partial charge in [0.05, 0.1) is 10.7 Å². The lowest BCUT2D eigenvalue weighted by Crippen LogP contribution is -2.48. The van der Waals surface area contributed by atoms with Gasteiger partial charge in [-0.05, 0) is 55.0 Å². The van der Waals surface area contributed by atoms with E-state index >= 15 is 0 Å². The fraction of sp³-hybridized carbons (Fsp3) is 0.500. The van der Waals surface area contributed by atoms with Gasteiger partial charge in [0.1, 0.15) is 11.3 Å². The topological polar surface area (TPSA) is 52.9 Å². The second-order valence-corrected chi connectivity index (χ2v) is 10.4. The first-order valence-corrected chi connectivity index (χ1v) is 13.5. The average molecular weight is 494 g/mol. The van der Waals surface area contributed by atoms with Crippen LogP contribution in [0.15, 0.2) is 42.6 Å². The van der Waals surface area contributed by atoms with Crippen molar-refractivity contribution >= 4 is 28.8 Å². The number of imidazole rings is 1. The monoisotopic (exact) mass is 493 g/mol. The first-order valence-electron chi connectivity index (χ1n) is 13.1. The van der Waals surface area contributed by atoms with Crippen molar-refractivity contribution in [3.8, 4) is 0 Å². The molecule has 2 aliphatic rings. The molecule has 0 bridgehead atoms. The zero-order valence-corrected chi connectivity index (χ0v) is 21.4. The number of halogens is 1. The smallest absolute Gasteiger partial charge is 0.270 e. The summed E-state index contributed by atoms with van der Waals surface area (Å²) in [6.07, 6.45) is 9.55. The molecule has 1 aromatic carbocycles. The Morgan fingerprint density at radius 1 is 1.03 bits per heavy atom. The van der Waals surface area contributed by atoms with Crippen LogP contribution >= 0.6 is 11.6 Å². The Kier molecular flexibility index (Phi) is 7.59. The van der Waals surface area contributed by atoms with Gasteiger partial charge < -0.3 is 10.2 Å². The second-order valence-electron chi connectivity index (χ2n) is 9.98. The predicted molar refractivity (Wildman–Crippen MR) is 142 cm³/mol. The molecule has 1 aliphatic heterocycles. The molecule has 0 atom stereocenters. The maximum absolute atomic E-state index is 13.0. The number of piperazine rings is 1. The summed E-state index contributed by atoms with van der Waals surface area (Å²) in [5.41, 5.74) is 4.43. The van der Waals surface area contributed by atoms with Crippen LogP contribution in [0.4, 0.5) is 5.69 Å². The SMILES string of the molecule is CCc1nc2ccc(Cl)cn2c1C(=O)NCc1ccc(N2CCN(CC3CCCCC3)CC2)cc1. The highest BCUT2D eigenvalue weighted by atomic mass is 35.5. The van der Waals surface area contributed by atoms with Gasteiger partial charge in [0.2, 0.25) is 0 Å². The highest BCUT2D eigenvalue weighted by Crippen LogP contribution is 2.25. The Hall–Kier alpha value is -2.57. The number of carbonyl (C=O) groups is 1.